The summed E-state index contributed by atoms with van der Waals surface area (Å²) in [6, 6.07) is 1.24. The summed E-state index contributed by atoms with van der Waals surface area (Å²) in [6.45, 7) is 1.55. The van der Waals surface area contributed by atoms with Crippen molar-refractivity contribution < 1.29 is 14.7 Å². The molecule has 0 aromatic carbocycles. The summed E-state index contributed by atoms with van der Waals surface area (Å²) in [5, 5.41) is 8.59. The van der Waals surface area contributed by atoms with Crippen LogP contribution in [0.15, 0.2) is 18.5 Å². The van der Waals surface area contributed by atoms with Gasteiger partial charge in [-0.3, -0.25) is 14.5 Å². The maximum atomic E-state index is 11.8. The summed E-state index contributed by atoms with van der Waals surface area (Å²) in [6.07, 6.45) is 3.27. The van der Waals surface area contributed by atoms with Gasteiger partial charge in [-0.2, -0.15) is 0 Å². The molecule has 0 amide bonds. The van der Waals surface area contributed by atoms with Gasteiger partial charge in [0.05, 0.1) is 12.6 Å². The number of aromatic nitrogens is 1. The molecule has 0 spiro atoms. The van der Waals surface area contributed by atoms with E-state index in [0.29, 0.717) is 5.56 Å². The fourth-order valence-electron chi connectivity index (χ4n) is 1.27. The number of carbonyl (C=O) groups is 2. The molecule has 0 aliphatic heterocycles. The zero-order valence-corrected chi connectivity index (χ0v) is 8.73. The SMILES string of the molecule is CC(C(=O)c1cc[nH]c1)N(C)CC(=O)O. The van der Waals surface area contributed by atoms with Crippen LogP contribution in [0.5, 0.6) is 0 Å². The Labute approximate surface area is 87.7 Å². The lowest BCUT2D eigenvalue weighted by Gasteiger charge is -2.20. The molecule has 0 radical (unpaired) electrons. The maximum absolute atomic E-state index is 11.8. The molecule has 0 aliphatic carbocycles. The van der Waals surface area contributed by atoms with Gasteiger partial charge >= 0.3 is 5.97 Å². The van der Waals surface area contributed by atoms with Crippen molar-refractivity contribution in [3.05, 3.63) is 24.0 Å². The Bertz CT molecular complexity index is 346. The smallest absolute Gasteiger partial charge is 0.317 e. The number of nitrogens with zero attached hydrogens (tertiary/aromatic N) is 1. The zero-order chi connectivity index (χ0) is 11.4. The molecular weight excluding hydrogens is 196 g/mol. The van der Waals surface area contributed by atoms with E-state index in [9.17, 15) is 9.59 Å². The molecule has 0 aliphatic rings. The van der Waals surface area contributed by atoms with Gasteiger partial charge in [-0.15, -0.1) is 0 Å². The van der Waals surface area contributed by atoms with Gasteiger partial charge in [0.25, 0.3) is 0 Å². The van der Waals surface area contributed by atoms with E-state index in [2.05, 4.69) is 4.98 Å². The molecule has 5 heteroatoms. The van der Waals surface area contributed by atoms with E-state index in [1.54, 1.807) is 32.4 Å². The van der Waals surface area contributed by atoms with E-state index in [-0.39, 0.29) is 12.3 Å². The van der Waals surface area contributed by atoms with Gasteiger partial charge in [0.2, 0.25) is 0 Å². The number of ketones is 1. The molecule has 82 valence electrons. The van der Waals surface area contributed by atoms with Gasteiger partial charge in [-0.05, 0) is 20.0 Å². The molecule has 1 heterocycles. The Morgan fingerprint density at radius 1 is 1.60 bits per heavy atom. The van der Waals surface area contributed by atoms with Gasteiger partial charge < -0.3 is 10.1 Å². The van der Waals surface area contributed by atoms with Crippen LogP contribution >= 0.6 is 0 Å². The average molecular weight is 210 g/mol. The Morgan fingerprint density at radius 2 is 2.27 bits per heavy atom. The number of carboxylic acids is 1. The molecule has 0 bridgehead atoms. The Balaban J connectivity index is 2.64. The van der Waals surface area contributed by atoms with Crippen LogP contribution in [0.1, 0.15) is 17.3 Å². The number of nitrogens with one attached hydrogen (secondary N) is 1. The van der Waals surface area contributed by atoms with Crippen molar-refractivity contribution in [3.8, 4) is 0 Å². The molecule has 5 nitrogen and oxygen atoms in total. The third kappa shape index (κ3) is 2.92. The highest BCUT2D eigenvalue weighted by atomic mass is 16.4. The summed E-state index contributed by atoms with van der Waals surface area (Å²) in [5.74, 6) is -1.02. The average Bonchev–Trinajstić information content (AvgIpc) is 2.67. The molecule has 1 aromatic rings. The van der Waals surface area contributed by atoms with Crippen molar-refractivity contribution in [2.45, 2.75) is 13.0 Å². The fourth-order valence-corrected chi connectivity index (χ4v) is 1.27. The second-order valence-corrected chi connectivity index (χ2v) is 3.45. The molecule has 1 atom stereocenters. The monoisotopic (exact) mass is 210 g/mol. The van der Waals surface area contributed by atoms with E-state index in [1.807, 2.05) is 0 Å². The summed E-state index contributed by atoms with van der Waals surface area (Å²) in [5.41, 5.74) is 0.569. The minimum absolute atomic E-state index is 0.0833. The zero-order valence-electron chi connectivity index (χ0n) is 8.73. The van der Waals surface area contributed by atoms with E-state index >= 15 is 0 Å². The minimum atomic E-state index is -0.939. The fraction of sp³-hybridized carbons (Fsp3) is 0.400. The Kier molecular flexibility index (Phi) is 3.62. The highest BCUT2D eigenvalue weighted by molar-refractivity contribution is 5.99. The predicted octanol–water partition coefficient (Wildman–Crippen LogP) is 0.602. The number of rotatable bonds is 5. The Morgan fingerprint density at radius 3 is 2.73 bits per heavy atom. The number of hydrogen-bond acceptors (Lipinski definition) is 3. The van der Waals surface area contributed by atoms with E-state index in [0.717, 1.165) is 0 Å². The maximum Gasteiger partial charge on any atom is 0.317 e. The van der Waals surface area contributed by atoms with Gasteiger partial charge in [0.15, 0.2) is 5.78 Å². The largest absolute Gasteiger partial charge is 0.480 e. The van der Waals surface area contributed by atoms with Crippen LogP contribution in [0.2, 0.25) is 0 Å². The third-order valence-electron chi connectivity index (χ3n) is 2.31. The van der Waals surface area contributed by atoms with Crippen LogP contribution in [0.4, 0.5) is 0 Å². The summed E-state index contributed by atoms with van der Waals surface area (Å²) >= 11 is 0. The topological polar surface area (TPSA) is 73.4 Å². The van der Waals surface area contributed by atoms with Crippen LogP contribution in [0.3, 0.4) is 0 Å². The third-order valence-corrected chi connectivity index (χ3v) is 2.31. The van der Waals surface area contributed by atoms with Crippen molar-refractivity contribution in [2.75, 3.05) is 13.6 Å². The van der Waals surface area contributed by atoms with Crippen molar-refractivity contribution in [3.63, 3.8) is 0 Å². The summed E-state index contributed by atoms with van der Waals surface area (Å²) < 4.78 is 0. The molecule has 0 fully saturated rings. The molecule has 1 unspecified atom stereocenters. The van der Waals surface area contributed by atoms with Gasteiger partial charge in [0.1, 0.15) is 0 Å². The second kappa shape index (κ2) is 4.75. The van der Waals surface area contributed by atoms with Crippen LogP contribution in [0, 0.1) is 0 Å². The first-order valence-corrected chi connectivity index (χ1v) is 4.61. The summed E-state index contributed by atoms with van der Waals surface area (Å²) in [7, 11) is 1.61. The molecule has 0 saturated heterocycles. The lowest BCUT2D eigenvalue weighted by atomic mass is 10.1. The predicted molar refractivity (Wildman–Crippen MR) is 54.9 cm³/mol. The number of likely N-dealkylation sites (N-methyl/N-ethyl adjacent to an activating group) is 1. The van der Waals surface area contributed by atoms with Crippen LogP contribution in [-0.4, -0.2) is 46.4 Å². The normalized spacial score (nSPS) is 12.7. The van der Waals surface area contributed by atoms with Crippen molar-refractivity contribution >= 4 is 11.8 Å². The van der Waals surface area contributed by atoms with Crippen molar-refractivity contribution in [2.24, 2.45) is 0 Å². The first-order valence-electron chi connectivity index (χ1n) is 4.61. The number of aliphatic carboxylic acids is 1. The van der Waals surface area contributed by atoms with E-state index in [1.165, 1.54) is 4.90 Å². The highest BCUT2D eigenvalue weighted by Gasteiger charge is 2.21. The van der Waals surface area contributed by atoms with Crippen molar-refractivity contribution in [1.29, 1.82) is 0 Å². The number of aromatic amines is 1. The van der Waals surface area contributed by atoms with Gasteiger partial charge in [-0.25, -0.2) is 0 Å². The van der Waals surface area contributed by atoms with Gasteiger partial charge in [0, 0.05) is 18.0 Å². The number of carbonyl (C=O) groups excluding carboxylic acids is 1. The first kappa shape index (κ1) is 11.5. The molecule has 0 saturated carbocycles. The summed E-state index contributed by atoms with van der Waals surface area (Å²) in [4.78, 5) is 26.5. The number of hydrogen-bond donors (Lipinski definition) is 2. The van der Waals surface area contributed by atoms with E-state index < -0.39 is 12.0 Å². The van der Waals surface area contributed by atoms with Crippen LogP contribution < -0.4 is 0 Å². The standard InChI is InChI=1S/C10H14N2O3/c1-7(12(2)6-9(13)14)10(15)8-3-4-11-5-8/h3-5,7,11H,6H2,1-2H3,(H,13,14). The molecule has 2 N–H and O–H groups in total. The molecule has 15 heavy (non-hydrogen) atoms. The minimum Gasteiger partial charge on any atom is -0.480 e. The van der Waals surface area contributed by atoms with Gasteiger partial charge in [-0.1, -0.05) is 0 Å². The molecular formula is C10H14N2O3. The highest BCUT2D eigenvalue weighted by Crippen LogP contribution is 2.06. The lowest BCUT2D eigenvalue weighted by Crippen LogP contribution is -2.39. The second-order valence-electron chi connectivity index (χ2n) is 3.45. The van der Waals surface area contributed by atoms with Crippen LogP contribution in [0.25, 0.3) is 0 Å². The number of carboxylic acid groups (broad SMARTS) is 1. The molecule has 1 rings (SSSR count). The number of Topliss-reactive ketones (excluding diaryl/α,β-unsaturated/α-hetero) is 1. The first-order chi connectivity index (χ1) is 7.02. The quantitative estimate of drug-likeness (QED) is 0.698. The number of H-pyrrole nitrogens is 1. The molecule has 1 aromatic heterocycles. The Hall–Kier alpha value is -1.62. The van der Waals surface area contributed by atoms with Crippen molar-refractivity contribution in [1.82, 2.24) is 9.88 Å². The van der Waals surface area contributed by atoms with Crippen LogP contribution in [-0.2, 0) is 4.79 Å². The lowest BCUT2D eigenvalue weighted by molar-refractivity contribution is -0.138. The van der Waals surface area contributed by atoms with E-state index in [4.69, 9.17) is 5.11 Å².